The average Bonchev–Trinajstić information content (AvgIpc) is 2.89. The molecule has 1 heterocycles. The molecule has 19 heavy (non-hydrogen) atoms. The molecule has 0 spiro atoms. The van der Waals surface area contributed by atoms with Crippen LogP contribution >= 0.6 is 0 Å². The molecule has 0 unspecified atom stereocenters. The Labute approximate surface area is 109 Å². The van der Waals surface area contributed by atoms with Gasteiger partial charge >= 0.3 is 0 Å². The topological polar surface area (TPSA) is 122 Å². The van der Waals surface area contributed by atoms with E-state index in [1.54, 1.807) is 6.07 Å². The smallest absolute Gasteiger partial charge is 0.243 e. The normalized spacial score (nSPS) is 11.1. The molecule has 0 amide bonds. The van der Waals surface area contributed by atoms with Gasteiger partial charge in [0, 0.05) is 6.07 Å². The van der Waals surface area contributed by atoms with Crippen molar-refractivity contribution in [1.29, 1.82) is 5.26 Å². The summed E-state index contributed by atoms with van der Waals surface area (Å²) >= 11 is 0. The Balaban J connectivity index is 2.22. The van der Waals surface area contributed by atoms with Crippen molar-refractivity contribution in [2.75, 3.05) is 5.73 Å². The average molecular weight is 278 g/mol. The Kier molecular flexibility index (Phi) is 3.50. The largest absolute Gasteiger partial charge is 0.398 e. The summed E-state index contributed by atoms with van der Waals surface area (Å²) in [4.78, 5) is -0.0778. The molecule has 7 nitrogen and oxygen atoms in total. The van der Waals surface area contributed by atoms with Crippen molar-refractivity contribution in [3.8, 4) is 6.07 Å². The van der Waals surface area contributed by atoms with Crippen molar-refractivity contribution < 1.29 is 12.9 Å². The number of nitrogens with two attached hydrogens (primary N) is 1. The summed E-state index contributed by atoms with van der Waals surface area (Å²) in [6.45, 7) is -0.0260. The lowest BCUT2D eigenvalue weighted by molar-refractivity contribution is 0.380. The van der Waals surface area contributed by atoms with Crippen LogP contribution in [0.5, 0.6) is 0 Å². The Morgan fingerprint density at radius 3 is 2.79 bits per heavy atom. The number of nitrogens with zero attached hydrogens (tertiary/aromatic N) is 2. The summed E-state index contributed by atoms with van der Waals surface area (Å²) in [6.07, 6.45) is 1.42. The third-order valence-corrected chi connectivity index (χ3v) is 3.83. The fraction of sp³-hybridized carbons (Fsp3) is 0.0909. The van der Waals surface area contributed by atoms with Gasteiger partial charge in [-0.05, 0) is 18.2 Å². The summed E-state index contributed by atoms with van der Waals surface area (Å²) in [5.41, 5.74) is 5.94. The summed E-state index contributed by atoms with van der Waals surface area (Å²) in [5, 5.41) is 12.2. The molecule has 0 saturated heterocycles. The number of nitrogens with one attached hydrogen (secondary N) is 1. The van der Waals surface area contributed by atoms with Crippen molar-refractivity contribution in [3.63, 3.8) is 0 Å². The second-order valence-corrected chi connectivity index (χ2v) is 5.40. The number of nitrogen functional groups attached to an aromatic ring is 1. The van der Waals surface area contributed by atoms with E-state index in [2.05, 4.69) is 9.88 Å². The number of hydrogen-bond acceptors (Lipinski definition) is 6. The minimum absolute atomic E-state index is 0.0177. The van der Waals surface area contributed by atoms with Crippen molar-refractivity contribution in [1.82, 2.24) is 9.88 Å². The van der Waals surface area contributed by atoms with Crippen LogP contribution < -0.4 is 10.5 Å². The van der Waals surface area contributed by atoms with Crippen molar-refractivity contribution >= 4 is 15.7 Å². The van der Waals surface area contributed by atoms with Gasteiger partial charge in [-0.2, -0.15) is 5.26 Å². The maximum absolute atomic E-state index is 12.0. The van der Waals surface area contributed by atoms with Crippen LogP contribution in [0.2, 0.25) is 0 Å². The molecule has 2 rings (SSSR count). The Hall–Kier alpha value is -2.37. The fourth-order valence-electron chi connectivity index (χ4n) is 1.44. The molecule has 0 aliphatic heterocycles. The second kappa shape index (κ2) is 5.09. The van der Waals surface area contributed by atoms with E-state index in [9.17, 15) is 8.42 Å². The van der Waals surface area contributed by atoms with Gasteiger partial charge in [0.15, 0.2) is 5.76 Å². The van der Waals surface area contributed by atoms with Crippen LogP contribution in [0, 0.1) is 11.3 Å². The van der Waals surface area contributed by atoms with Crippen LogP contribution in [0.4, 0.5) is 5.69 Å². The summed E-state index contributed by atoms with van der Waals surface area (Å²) in [5.74, 6) is 0.385. The van der Waals surface area contributed by atoms with E-state index in [1.165, 1.54) is 24.4 Å². The van der Waals surface area contributed by atoms with Gasteiger partial charge in [-0.3, -0.25) is 0 Å². The van der Waals surface area contributed by atoms with Crippen LogP contribution in [0.25, 0.3) is 0 Å². The zero-order valence-corrected chi connectivity index (χ0v) is 10.5. The van der Waals surface area contributed by atoms with Gasteiger partial charge in [0.25, 0.3) is 0 Å². The van der Waals surface area contributed by atoms with E-state index in [0.29, 0.717) is 11.3 Å². The highest BCUT2D eigenvalue weighted by atomic mass is 32.2. The zero-order valence-electron chi connectivity index (χ0n) is 9.70. The van der Waals surface area contributed by atoms with Gasteiger partial charge in [0.2, 0.25) is 10.0 Å². The van der Waals surface area contributed by atoms with Crippen LogP contribution in [0.1, 0.15) is 11.3 Å². The van der Waals surface area contributed by atoms with Gasteiger partial charge in [0.1, 0.15) is 4.90 Å². The van der Waals surface area contributed by atoms with E-state index in [1.807, 2.05) is 6.07 Å². The molecular weight excluding hydrogens is 268 g/mol. The number of nitriles is 1. The van der Waals surface area contributed by atoms with Gasteiger partial charge in [-0.25, -0.2) is 13.1 Å². The third kappa shape index (κ3) is 2.90. The molecular formula is C11H10N4O3S. The fourth-order valence-corrected chi connectivity index (χ4v) is 2.54. The molecule has 0 atom stereocenters. The highest BCUT2D eigenvalue weighted by molar-refractivity contribution is 7.89. The number of aromatic nitrogens is 1. The molecule has 8 heteroatoms. The number of sulfonamides is 1. The second-order valence-electron chi connectivity index (χ2n) is 3.67. The summed E-state index contributed by atoms with van der Waals surface area (Å²) in [7, 11) is -3.76. The molecule has 0 fully saturated rings. The number of benzene rings is 1. The van der Waals surface area contributed by atoms with Crippen LogP contribution in [0.3, 0.4) is 0 Å². The molecule has 98 valence electrons. The molecule has 0 aliphatic rings. The first-order chi connectivity index (χ1) is 9.03. The van der Waals surface area contributed by atoms with Gasteiger partial charge < -0.3 is 10.3 Å². The highest BCUT2D eigenvalue weighted by Gasteiger charge is 2.18. The predicted octanol–water partition coefficient (Wildman–Crippen LogP) is 0.607. The lowest BCUT2D eigenvalue weighted by Gasteiger charge is -2.07. The maximum Gasteiger partial charge on any atom is 0.243 e. The van der Waals surface area contributed by atoms with E-state index < -0.39 is 10.0 Å². The molecule has 0 radical (unpaired) electrons. The van der Waals surface area contributed by atoms with Crippen LogP contribution in [0.15, 0.2) is 39.9 Å². The van der Waals surface area contributed by atoms with Crippen molar-refractivity contribution in [2.24, 2.45) is 0 Å². The highest BCUT2D eigenvalue weighted by Crippen LogP contribution is 2.19. The number of hydrogen-bond donors (Lipinski definition) is 2. The Bertz CT molecular complexity index is 717. The third-order valence-electron chi connectivity index (χ3n) is 2.36. The molecule has 3 N–H and O–H groups in total. The predicted molar refractivity (Wildman–Crippen MR) is 66.1 cm³/mol. The SMILES string of the molecule is N#Cc1ccc(S(=O)(=O)NCc2ccno2)c(N)c1. The van der Waals surface area contributed by atoms with Crippen molar-refractivity contribution in [3.05, 3.63) is 41.8 Å². The quantitative estimate of drug-likeness (QED) is 0.790. The molecule has 0 saturated carbocycles. The minimum Gasteiger partial charge on any atom is -0.398 e. The lowest BCUT2D eigenvalue weighted by atomic mass is 10.2. The van der Waals surface area contributed by atoms with E-state index in [0.717, 1.165) is 0 Å². The Morgan fingerprint density at radius 2 is 2.21 bits per heavy atom. The van der Waals surface area contributed by atoms with Crippen LogP contribution in [-0.2, 0) is 16.6 Å². The molecule has 1 aromatic heterocycles. The first kappa shape index (κ1) is 13.1. The molecule has 1 aromatic carbocycles. The van der Waals surface area contributed by atoms with Gasteiger partial charge in [0.05, 0.1) is 30.1 Å². The molecule has 2 aromatic rings. The molecule has 0 aliphatic carbocycles. The summed E-state index contributed by atoms with van der Waals surface area (Å²) in [6, 6.07) is 7.41. The minimum atomic E-state index is -3.76. The number of rotatable bonds is 4. The van der Waals surface area contributed by atoms with Crippen molar-refractivity contribution in [2.45, 2.75) is 11.4 Å². The first-order valence-electron chi connectivity index (χ1n) is 5.22. The first-order valence-corrected chi connectivity index (χ1v) is 6.70. The van der Waals surface area contributed by atoms with Crippen LogP contribution in [-0.4, -0.2) is 13.6 Å². The molecule has 0 bridgehead atoms. The maximum atomic E-state index is 12.0. The van der Waals surface area contributed by atoms with E-state index >= 15 is 0 Å². The summed E-state index contributed by atoms with van der Waals surface area (Å²) < 4.78 is 31.1. The number of anilines is 1. The lowest BCUT2D eigenvalue weighted by Crippen LogP contribution is -2.24. The zero-order chi connectivity index (χ0) is 13.9. The van der Waals surface area contributed by atoms with E-state index in [-0.39, 0.29) is 17.1 Å². The van der Waals surface area contributed by atoms with Gasteiger partial charge in [-0.1, -0.05) is 5.16 Å². The Morgan fingerprint density at radius 1 is 1.42 bits per heavy atom. The van der Waals surface area contributed by atoms with E-state index in [4.69, 9.17) is 15.5 Å². The van der Waals surface area contributed by atoms with Gasteiger partial charge in [-0.15, -0.1) is 0 Å². The standard InChI is InChI=1S/C11H10N4O3S/c12-6-8-1-2-11(10(13)5-8)19(16,17)15-7-9-3-4-14-18-9/h1-5,15H,7,13H2. The monoisotopic (exact) mass is 278 g/mol.